The van der Waals surface area contributed by atoms with Crippen molar-refractivity contribution >= 4 is 10.0 Å². The lowest BCUT2D eigenvalue weighted by atomic mass is 10.0. The number of sulfonamides is 1. The normalized spacial score (nSPS) is 19.9. The van der Waals surface area contributed by atoms with Crippen molar-refractivity contribution in [2.45, 2.75) is 31.8 Å². The molecule has 0 unspecified atom stereocenters. The summed E-state index contributed by atoms with van der Waals surface area (Å²) < 4.78 is 27.7. The van der Waals surface area contributed by atoms with Crippen LogP contribution >= 0.6 is 0 Å². The SMILES string of the molecule is Cn1c(CN2CCCC[C@H]2CNS(C)(=O)=O)cc(=O)n(C)c1=O. The zero-order chi connectivity index (χ0) is 17.2. The summed E-state index contributed by atoms with van der Waals surface area (Å²) in [5, 5.41) is 0. The van der Waals surface area contributed by atoms with Gasteiger partial charge in [0.1, 0.15) is 0 Å². The Bertz CT molecular complexity index is 781. The van der Waals surface area contributed by atoms with Gasteiger partial charge >= 0.3 is 5.69 Å². The van der Waals surface area contributed by atoms with Gasteiger partial charge in [0.05, 0.1) is 6.26 Å². The van der Waals surface area contributed by atoms with Crippen molar-refractivity contribution in [1.29, 1.82) is 0 Å². The predicted octanol–water partition coefficient (Wildman–Crippen LogP) is -1.01. The van der Waals surface area contributed by atoms with E-state index in [1.165, 1.54) is 17.7 Å². The van der Waals surface area contributed by atoms with Gasteiger partial charge in [-0.2, -0.15) is 0 Å². The summed E-state index contributed by atoms with van der Waals surface area (Å²) in [5.41, 5.74) is -0.0365. The Morgan fingerprint density at radius 1 is 1.22 bits per heavy atom. The fraction of sp³-hybridized carbons (Fsp3) is 0.714. The lowest BCUT2D eigenvalue weighted by Gasteiger charge is -2.36. The van der Waals surface area contributed by atoms with Crippen molar-refractivity contribution in [2.75, 3.05) is 19.3 Å². The first-order valence-corrected chi connectivity index (χ1v) is 9.53. The minimum Gasteiger partial charge on any atom is -0.299 e. The summed E-state index contributed by atoms with van der Waals surface area (Å²) in [6.07, 6.45) is 4.10. The van der Waals surface area contributed by atoms with Gasteiger partial charge in [0.15, 0.2) is 0 Å². The van der Waals surface area contributed by atoms with E-state index < -0.39 is 10.0 Å². The van der Waals surface area contributed by atoms with E-state index in [0.717, 1.165) is 36.6 Å². The van der Waals surface area contributed by atoms with Crippen molar-refractivity contribution in [1.82, 2.24) is 18.8 Å². The van der Waals surface area contributed by atoms with Gasteiger partial charge in [0.25, 0.3) is 5.56 Å². The average Bonchev–Trinajstić information content (AvgIpc) is 2.49. The van der Waals surface area contributed by atoms with Crippen molar-refractivity contribution in [3.63, 3.8) is 0 Å². The third-order valence-corrected chi connectivity index (χ3v) is 5.01. The molecule has 0 bridgehead atoms. The summed E-state index contributed by atoms with van der Waals surface area (Å²) in [4.78, 5) is 26.0. The number of nitrogens with one attached hydrogen (secondary N) is 1. The molecule has 23 heavy (non-hydrogen) atoms. The number of aromatic nitrogens is 2. The number of hydrogen-bond donors (Lipinski definition) is 1. The highest BCUT2D eigenvalue weighted by Crippen LogP contribution is 2.18. The Morgan fingerprint density at radius 2 is 1.91 bits per heavy atom. The molecule has 2 rings (SSSR count). The quantitative estimate of drug-likeness (QED) is 0.739. The Labute approximate surface area is 135 Å². The van der Waals surface area contributed by atoms with Gasteiger partial charge in [-0.05, 0) is 19.4 Å². The molecule has 0 spiro atoms. The van der Waals surface area contributed by atoms with Crippen LogP contribution in [0.5, 0.6) is 0 Å². The molecule has 2 heterocycles. The molecule has 0 amide bonds. The summed E-state index contributed by atoms with van der Waals surface area (Å²) in [7, 11) is -0.136. The molecule has 1 fully saturated rings. The van der Waals surface area contributed by atoms with Crippen LogP contribution in [0.1, 0.15) is 25.0 Å². The predicted molar refractivity (Wildman–Crippen MR) is 87.8 cm³/mol. The third-order valence-electron chi connectivity index (χ3n) is 4.32. The zero-order valence-corrected chi connectivity index (χ0v) is 14.6. The number of piperidine rings is 1. The largest absolute Gasteiger partial charge is 0.330 e. The minimum absolute atomic E-state index is 0.0673. The lowest BCUT2D eigenvalue weighted by Crippen LogP contribution is -2.47. The second kappa shape index (κ2) is 6.98. The number of hydrogen-bond acceptors (Lipinski definition) is 5. The van der Waals surface area contributed by atoms with Crippen LogP contribution in [0, 0.1) is 0 Å². The molecule has 8 nitrogen and oxygen atoms in total. The molecule has 1 aliphatic heterocycles. The summed E-state index contributed by atoms with van der Waals surface area (Å²) in [6.45, 7) is 1.62. The summed E-state index contributed by atoms with van der Waals surface area (Å²) >= 11 is 0. The van der Waals surface area contributed by atoms with E-state index in [1.807, 2.05) is 0 Å². The van der Waals surface area contributed by atoms with Gasteiger partial charge in [-0.3, -0.25) is 18.8 Å². The molecule has 9 heteroatoms. The van der Waals surface area contributed by atoms with Gasteiger partial charge in [0, 0.05) is 45.0 Å². The van der Waals surface area contributed by atoms with Gasteiger partial charge in [-0.15, -0.1) is 0 Å². The van der Waals surface area contributed by atoms with Crippen LogP contribution in [0.4, 0.5) is 0 Å². The summed E-state index contributed by atoms with van der Waals surface area (Å²) in [6, 6.07) is 1.54. The van der Waals surface area contributed by atoms with Gasteiger partial charge in [-0.1, -0.05) is 6.42 Å². The smallest absolute Gasteiger partial charge is 0.299 e. The highest BCUT2D eigenvalue weighted by Gasteiger charge is 2.24. The maximum atomic E-state index is 12.0. The monoisotopic (exact) mass is 344 g/mol. The molecule has 0 radical (unpaired) electrons. The Hall–Kier alpha value is -1.45. The molecule has 0 aliphatic carbocycles. The molecule has 0 aromatic carbocycles. The van der Waals surface area contributed by atoms with Crippen LogP contribution in [0.3, 0.4) is 0 Å². The van der Waals surface area contributed by atoms with E-state index in [9.17, 15) is 18.0 Å². The van der Waals surface area contributed by atoms with E-state index in [1.54, 1.807) is 7.05 Å². The Balaban J connectivity index is 2.19. The van der Waals surface area contributed by atoms with Crippen molar-refractivity contribution in [3.8, 4) is 0 Å². The molecule has 1 aromatic heterocycles. The van der Waals surface area contributed by atoms with Gasteiger partial charge in [0.2, 0.25) is 10.0 Å². The van der Waals surface area contributed by atoms with E-state index >= 15 is 0 Å². The number of likely N-dealkylation sites (tertiary alicyclic amines) is 1. The van der Waals surface area contributed by atoms with Crippen LogP contribution in [0.25, 0.3) is 0 Å². The zero-order valence-electron chi connectivity index (χ0n) is 13.8. The first-order valence-electron chi connectivity index (χ1n) is 7.63. The van der Waals surface area contributed by atoms with Crippen LogP contribution in [0.15, 0.2) is 15.7 Å². The molecule has 1 aromatic rings. The molecule has 1 atom stereocenters. The molecule has 130 valence electrons. The third kappa shape index (κ3) is 4.52. The molecular formula is C14H24N4O4S. The second-order valence-corrected chi connectivity index (χ2v) is 7.95. The summed E-state index contributed by atoms with van der Waals surface area (Å²) in [5.74, 6) is 0. The minimum atomic E-state index is -3.23. The topological polar surface area (TPSA) is 93.4 Å². The van der Waals surface area contributed by atoms with Gasteiger partial charge < -0.3 is 0 Å². The van der Waals surface area contributed by atoms with Crippen LogP contribution in [-0.2, 0) is 30.7 Å². The van der Waals surface area contributed by atoms with E-state index in [2.05, 4.69) is 9.62 Å². The van der Waals surface area contributed by atoms with Crippen LogP contribution in [-0.4, -0.2) is 47.8 Å². The molecule has 1 aliphatic rings. The van der Waals surface area contributed by atoms with E-state index in [0.29, 0.717) is 18.8 Å². The molecule has 0 saturated carbocycles. The first-order chi connectivity index (χ1) is 10.7. The van der Waals surface area contributed by atoms with E-state index in [4.69, 9.17) is 0 Å². The van der Waals surface area contributed by atoms with Crippen LogP contribution in [0.2, 0.25) is 0 Å². The molecule has 1 saturated heterocycles. The van der Waals surface area contributed by atoms with Crippen molar-refractivity contribution in [2.24, 2.45) is 14.1 Å². The Kier molecular flexibility index (Phi) is 5.43. The van der Waals surface area contributed by atoms with Crippen LogP contribution < -0.4 is 16.0 Å². The fourth-order valence-corrected chi connectivity index (χ4v) is 3.38. The Morgan fingerprint density at radius 3 is 2.57 bits per heavy atom. The van der Waals surface area contributed by atoms with Gasteiger partial charge in [-0.25, -0.2) is 17.9 Å². The molecular weight excluding hydrogens is 320 g/mol. The maximum Gasteiger partial charge on any atom is 0.330 e. The highest BCUT2D eigenvalue weighted by atomic mass is 32.2. The highest BCUT2D eigenvalue weighted by molar-refractivity contribution is 7.88. The fourth-order valence-electron chi connectivity index (χ4n) is 2.88. The first kappa shape index (κ1) is 17.9. The van der Waals surface area contributed by atoms with Crippen molar-refractivity contribution < 1.29 is 8.42 Å². The lowest BCUT2D eigenvalue weighted by molar-refractivity contribution is 0.138. The number of rotatable bonds is 5. The second-order valence-electron chi connectivity index (χ2n) is 6.12. The number of nitrogens with zero attached hydrogens (tertiary/aromatic N) is 3. The standard InChI is InChI=1S/C14H24N4O4S/c1-16-12(8-13(19)17(2)14(16)20)10-18-7-5-4-6-11(18)9-15-23(3,21)22/h8,11,15H,4-7,9-10H2,1-3H3/t11-/m0/s1. The van der Waals surface area contributed by atoms with E-state index in [-0.39, 0.29) is 17.3 Å². The molecule has 1 N–H and O–H groups in total. The van der Waals surface area contributed by atoms with Crippen molar-refractivity contribution in [3.05, 3.63) is 32.6 Å². The maximum absolute atomic E-state index is 12.0. The average molecular weight is 344 g/mol.